The van der Waals surface area contributed by atoms with Gasteiger partial charge in [0.25, 0.3) is 0 Å². The SMILES string of the molecule is NCc1c(OC(F)F)ccc2ccccc12. The quantitative estimate of drug-likeness (QED) is 0.868. The smallest absolute Gasteiger partial charge is 0.387 e. The van der Waals surface area contributed by atoms with Gasteiger partial charge in [0.05, 0.1) is 0 Å². The van der Waals surface area contributed by atoms with Crippen LogP contribution in [0.15, 0.2) is 36.4 Å². The topological polar surface area (TPSA) is 35.2 Å². The molecule has 2 aromatic carbocycles. The Balaban J connectivity index is 2.58. The maximum atomic E-state index is 12.2. The highest BCUT2D eigenvalue weighted by Gasteiger charge is 2.11. The van der Waals surface area contributed by atoms with E-state index < -0.39 is 6.61 Å². The molecule has 0 atom stereocenters. The van der Waals surface area contributed by atoms with Crippen LogP contribution >= 0.6 is 0 Å². The number of hydrogen-bond acceptors (Lipinski definition) is 2. The number of fused-ring (bicyclic) bond motifs is 1. The van der Waals surface area contributed by atoms with Crippen molar-refractivity contribution in [3.05, 3.63) is 42.0 Å². The molecule has 2 nitrogen and oxygen atoms in total. The minimum Gasteiger partial charge on any atom is -0.434 e. The van der Waals surface area contributed by atoms with Crippen molar-refractivity contribution in [2.24, 2.45) is 5.73 Å². The molecular formula is C12H11F2NO. The fourth-order valence-corrected chi connectivity index (χ4v) is 1.73. The van der Waals surface area contributed by atoms with Gasteiger partial charge < -0.3 is 10.5 Å². The summed E-state index contributed by atoms with van der Waals surface area (Å²) in [6.07, 6.45) is 0. The van der Waals surface area contributed by atoms with Gasteiger partial charge in [0.15, 0.2) is 0 Å². The van der Waals surface area contributed by atoms with Crippen molar-refractivity contribution in [2.75, 3.05) is 0 Å². The summed E-state index contributed by atoms with van der Waals surface area (Å²) in [4.78, 5) is 0. The van der Waals surface area contributed by atoms with Crippen molar-refractivity contribution >= 4 is 10.8 Å². The van der Waals surface area contributed by atoms with Crippen molar-refractivity contribution in [3.63, 3.8) is 0 Å². The summed E-state index contributed by atoms with van der Waals surface area (Å²) >= 11 is 0. The van der Waals surface area contributed by atoms with E-state index in [2.05, 4.69) is 4.74 Å². The second kappa shape index (κ2) is 4.45. The van der Waals surface area contributed by atoms with Gasteiger partial charge in [-0.3, -0.25) is 0 Å². The Morgan fingerprint density at radius 2 is 1.88 bits per heavy atom. The monoisotopic (exact) mass is 223 g/mol. The zero-order chi connectivity index (χ0) is 11.5. The first-order valence-corrected chi connectivity index (χ1v) is 4.88. The maximum Gasteiger partial charge on any atom is 0.387 e. The average Bonchev–Trinajstić information content (AvgIpc) is 2.28. The van der Waals surface area contributed by atoms with E-state index >= 15 is 0 Å². The molecule has 0 spiro atoms. The van der Waals surface area contributed by atoms with Gasteiger partial charge in [0.1, 0.15) is 5.75 Å². The van der Waals surface area contributed by atoms with Crippen LogP contribution in [0.1, 0.15) is 5.56 Å². The molecule has 0 saturated heterocycles. The Labute approximate surface area is 91.6 Å². The number of hydrogen-bond donors (Lipinski definition) is 1. The van der Waals surface area contributed by atoms with Crippen LogP contribution in [0.25, 0.3) is 10.8 Å². The van der Waals surface area contributed by atoms with E-state index in [0.717, 1.165) is 10.8 Å². The summed E-state index contributed by atoms with van der Waals surface area (Å²) in [5, 5.41) is 1.81. The lowest BCUT2D eigenvalue weighted by Crippen LogP contribution is -2.07. The molecule has 16 heavy (non-hydrogen) atoms. The minimum atomic E-state index is -2.83. The van der Waals surface area contributed by atoms with Crippen molar-refractivity contribution in [1.82, 2.24) is 0 Å². The summed E-state index contributed by atoms with van der Waals surface area (Å²) in [5.74, 6) is 0.149. The van der Waals surface area contributed by atoms with Crippen molar-refractivity contribution < 1.29 is 13.5 Å². The number of halogens is 2. The standard InChI is InChI=1S/C12H11F2NO/c13-12(14)16-11-6-5-8-3-1-2-4-9(8)10(11)7-15/h1-6,12H,7,15H2. The van der Waals surface area contributed by atoms with Gasteiger partial charge in [0, 0.05) is 12.1 Å². The van der Waals surface area contributed by atoms with Crippen molar-refractivity contribution in [2.45, 2.75) is 13.2 Å². The number of alkyl halides is 2. The summed E-state index contributed by atoms with van der Waals surface area (Å²) < 4.78 is 28.8. The highest BCUT2D eigenvalue weighted by atomic mass is 19.3. The number of rotatable bonds is 3. The van der Waals surface area contributed by atoms with Gasteiger partial charge in [-0.15, -0.1) is 0 Å². The first kappa shape index (κ1) is 10.8. The molecule has 84 valence electrons. The summed E-state index contributed by atoms with van der Waals surface area (Å²) in [6.45, 7) is -2.66. The van der Waals surface area contributed by atoms with Crippen LogP contribution in [-0.2, 0) is 6.54 Å². The van der Waals surface area contributed by atoms with E-state index in [4.69, 9.17) is 5.73 Å². The van der Waals surface area contributed by atoms with Gasteiger partial charge >= 0.3 is 6.61 Å². The van der Waals surface area contributed by atoms with Crippen LogP contribution in [-0.4, -0.2) is 6.61 Å². The van der Waals surface area contributed by atoms with Crippen LogP contribution < -0.4 is 10.5 Å². The van der Waals surface area contributed by atoms with E-state index in [9.17, 15) is 8.78 Å². The predicted octanol–water partition coefficient (Wildman–Crippen LogP) is 2.90. The van der Waals surface area contributed by atoms with Gasteiger partial charge in [-0.2, -0.15) is 8.78 Å². The van der Waals surface area contributed by atoms with Crippen LogP contribution in [0, 0.1) is 0 Å². The summed E-state index contributed by atoms with van der Waals surface area (Å²) in [6, 6.07) is 10.7. The maximum absolute atomic E-state index is 12.2. The van der Waals surface area contributed by atoms with E-state index in [1.165, 1.54) is 6.07 Å². The highest BCUT2D eigenvalue weighted by molar-refractivity contribution is 5.87. The lowest BCUT2D eigenvalue weighted by Gasteiger charge is -2.11. The highest BCUT2D eigenvalue weighted by Crippen LogP contribution is 2.28. The number of benzene rings is 2. The third kappa shape index (κ3) is 1.97. The molecule has 2 aromatic rings. The van der Waals surface area contributed by atoms with Crippen LogP contribution in [0.4, 0.5) is 8.78 Å². The van der Waals surface area contributed by atoms with Gasteiger partial charge in [0.2, 0.25) is 0 Å². The number of nitrogens with two attached hydrogens (primary N) is 1. The van der Waals surface area contributed by atoms with Crippen molar-refractivity contribution in [3.8, 4) is 5.75 Å². The lowest BCUT2D eigenvalue weighted by atomic mass is 10.0. The van der Waals surface area contributed by atoms with Crippen molar-refractivity contribution in [1.29, 1.82) is 0 Å². The molecule has 0 aliphatic carbocycles. The molecule has 2 N–H and O–H groups in total. The van der Waals surface area contributed by atoms with Crippen LogP contribution in [0.5, 0.6) is 5.75 Å². The molecular weight excluding hydrogens is 212 g/mol. The normalized spacial score (nSPS) is 11.0. The molecule has 0 aliphatic rings. The third-order valence-electron chi connectivity index (χ3n) is 2.42. The lowest BCUT2D eigenvalue weighted by molar-refractivity contribution is -0.0503. The zero-order valence-corrected chi connectivity index (χ0v) is 8.49. The molecule has 0 fully saturated rings. The Morgan fingerprint density at radius 1 is 1.12 bits per heavy atom. The summed E-state index contributed by atoms with van der Waals surface area (Å²) in [7, 11) is 0. The van der Waals surface area contributed by atoms with Gasteiger partial charge in [-0.1, -0.05) is 30.3 Å². The minimum absolute atomic E-state index is 0.149. The second-order valence-electron chi connectivity index (χ2n) is 3.35. The second-order valence-corrected chi connectivity index (χ2v) is 3.35. The Bertz CT molecular complexity index is 499. The molecule has 0 aliphatic heterocycles. The Morgan fingerprint density at radius 3 is 2.56 bits per heavy atom. The zero-order valence-electron chi connectivity index (χ0n) is 8.49. The Hall–Kier alpha value is -1.68. The molecule has 0 radical (unpaired) electrons. The van der Waals surface area contributed by atoms with Crippen LogP contribution in [0.3, 0.4) is 0 Å². The number of ether oxygens (including phenoxy) is 1. The van der Waals surface area contributed by atoms with Crippen LogP contribution in [0.2, 0.25) is 0 Å². The third-order valence-corrected chi connectivity index (χ3v) is 2.42. The van der Waals surface area contributed by atoms with Gasteiger partial charge in [-0.25, -0.2) is 0 Å². The van der Waals surface area contributed by atoms with E-state index in [1.54, 1.807) is 6.07 Å². The fourth-order valence-electron chi connectivity index (χ4n) is 1.73. The van der Waals surface area contributed by atoms with E-state index in [-0.39, 0.29) is 12.3 Å². The van der Waals surface area contributed by atoms with E-state index in [1.807, 2.05) is 24.3 Å². The average molecular weight is 223 g/mol. The first-order valence-electron chi connectivity index (χ1n) is 4.88. The predicted molar refractivity (Wildman–Crippen MR) is 58.5 cm³/mol. The molecule has 0 amide bonds. The molecule has 2 rings (SSSR count). The molecule has 0 saturated carbocycles. The molecule has 0 unspecified atom stereocenters. The first-order chi connectivity index (χ1) is 7.72. The van der Waals surface area contributed by atoms with Gasteiger partial charge in [-0.05, 0) is 16.8 Å². The fraction of sp³-hybridized carbons (Fsp3) is 0.167. The molecule has 4 heteroatoms. The molecule has 0 heterocycles. The molecule has 0 bridgehead atoms. The largest absolute Gasteiger partial charge is 0.434 e. The Kier molecular flexibility index (Phi) is 3.01. The molecule has 0 aromatic heterocycles. The summed E-state index contributed by atoms with van der Waals surface area (Å²) in [5.41, 5.74) is 6.18. The van der Waals surface area contributed by atoms with E-state index in [0.29, 0.717) is 5.56 Å².